The zero-order valence-corrected chi connectivity index (χ0v) is 14.4. The van der Waals surface area contributed by atoms with E-state index in [2.05, 4.69) is 58.9 Å². The summed E-state index contributed by atoms with van der Waals surface area (Å²) >= 11 is 3.51. The second-order valence-corrected chi connectivity index (χ2v) is 12.2. The van der Waals surface area contributed by atoms with Gasteiger partial charge in [-0.05, 0) is 17.7 Å². The Morgan fingerprint density at radius 1 is 1.32 bits per heavy atom. The Hall–Kier alpha value is -0.653. The van der Waals surface area contributed by atoms with Crippen LogP contribution in [0.3, 0.4) is 0 Å². The number of ether oxygens (including phenoxy) is 1. The normalized spacial score (nSPS) is 12.2. The Balaban J connectivity index is 2.02. The van der Waals surface area contributed by atoms with Crippen molar-refractivity contribution in [1.82, 2.24) is 9.78 Å². The highest BCUT2D eigenvalue weighted by Gasteiger charge is 2.12. The lowest BCUT2D eigenvalue weighted by molar-refractivity contribution is 0.0817. The van der Waals surface area contributed by atoms with E-state index in [0.717, 1.165) is 17.5 Å². The molecule has 3 nitrogen and oxygen atoms in total. The molecule has 0 atom stereocenters. The first kappa shape index (κ1) is 14.7. The summed E-state index contributed by atoms with van der Waals surface area (Å²) in [6.45, 7) is 8.46. The van der Waals surface area contributed by atoms with Crippen molar-refractivity contribution in [2.24, 2.45) is 0 Å². The van der Waals surface area contributed by atoms with Gasteiger partial charge in [-0.2, -0.15) is 5.10 Å². The standard InChI is InChI=1S/C14H21BrN2OSi/c1-19(2,3)8-7-18-11-17-14-6-4-5-12(9-15)13(14)10-16-17/h4-6,10H,7-9,11H2,1-3H3. The molecule has 1 aromatic heterocycles. The van der Waals surface area contributed by atoms with Crippen LogP contribution in [0.1, 0.15) is 5.56 Å². The van der Waals surface area contributed by atoms with Crippen LogP contribution in [0.25, 0.3) is 10.9 Å². The van der Waals surface area contributed by atoms with Crippen LogP contribution in [0.5, 0.6) is 0 Å². The highest BCUT2D eigenvalue weighted by molar-refractivity contribution is 9.08. The molecule has 2 aromatic rings. The fraction of sp³-hybridized carbons (Fsp3) is 0.500. The third-order valence-electron chi connectivity index (χ3n) is 3.13. The number of benzene rings is 1. The first-order valence-electron chi connectivity index (χ1n) is 6.58. The van der Waals surface area contributed by atoms with Crippen molar-refractivity contribution in [3.05, 3.63) is 30.0 Å². The van der Waals surface area contributed by atoms with Crippen molar-refractivity contribution in [3.8, 4) is 0 Å². The van der Waals surface area contributed by atoms with Crippen LogP contribution in [-0.4, -0.2) is 24.5 Å². The molecule has 5 heteroatoms. The number of alkyl halides is 1. The van der Waals surface area contributed by atoms with Gasteiger partial charge in [0.15, 0.2) is 0 Å². The maximum atomic E-state index is 5.76. The van der Waals surface area contributed by atoms with Gasteiger partial charge in [-0.15, -0.1) is 0 Å². The summed E-state index contributed by atoms with van der Waals surface area (Å²) in [5.41, 5.74) is 2.41. The van der Waals surface area contributed by atoms with Crippen LogP contribution in [0.2, 0.25) is 25.7 Å². The van der Waals surface area contributed by atoms with Gasteiger partial charge in [0.1, 0.15) is 6.73 Å². The number of nitrogens with zero attached hydrogens (tertiary/aromatic N) is 2. The lowest BCUT2D eigenvalue weighted by Crippen LogP contribution is -2.22. The Bertz CT molecular complexity index is 548. The largest absolute Gasteiger partial charge is 0.360 e. The molecule has 2 rings (SSSR count). The maximum absolute atomic E-state index is 5.76. The van der Waals surface area contributed by atoms with Gasteiger partial charge < -0.3 is 4.74 Å². The van der Waals surface area contributed by atoms with Gasteiger partial charge >= 0.3 is 0 Å². The molecule has 1 heterocycles. The van der Waals surface area contributed by atoms with Crippen molar-refractivity contribution >= 4 is 34.9 Å². The molecule has 0 aliphatic heterocycles. The summed E-state index contributed by atoms with van der Waals surface area (Å²) in [7, 11) is -1.01. The molecule has 19 heavy (non-hydrogen) atoms. The Labute approximate surface area is 124 Å². The van der Waals surface area contributed by atoms with Crippen molar-refractivity contribution < 1.29 is 4.74 Å². The minimum Gasteiger partial charge on any atom is -0.360 e. The van der Waals surface area contributed by atoms with E-state index in [1.165, 1.54) is 17.0 Å². The van der Waals surface area contributed by atoms with Gasteiger partial charge in [-0.3, -0.25) is 0 Å². The Morgan fingerprint density at radius 2 is 2.11 bits per heavy atom. The molecule has 0 fully saturated rings. The zero-order chi connectivity index (χ0) is 13.9. The predicted molar refractivity (Wildman–Crippen MR) is 86.5 cm³/mol. The van der Waals surface area contributed by atoms with Crippen molar-refractivity contribution in [2.75, 3.05) is 6.61 Å². The molecule has 0 saturated carbocycles. The van der Waals surface area contributed by atoms with E-state index in [1.807, 2.05) is 10.9 Å². The van der Waals surface area contributed by atoms with Gasteiger partial charge in [0.25, 0.3) is 0 Å². The van der Waals surface area contributed by atoms with E-state index in [9.17, 15) is 0 Å². The molecule has 0 aliphatic carbocycles. The molecule has 0 bridgehead atoms. The number of halogens is 1. The SMILES string of the molecule is C[Si](C)(C)CCOCn1ncc2c(CBr)cccc21. The quantitative estimate of drug-likeness (QED) is 0.446. The Kier molecular flexibility index (Phi) is 4.81. The van der Waals surface area contributed by atoms with Crippen LogP contribution in [0, 0.1) is 0 Å². The van der Waals surface area contributed by atoms with Gasteiger partial charge in [-0.1, -0.05) is 47.7 Å². The molecule has 0 spiro atoms. The van der Waals surface area contributed by atoms with Crippen LogP contribution in [0.4, 0.5) is 0 Å². The molecular weight excluding hydrogens is 320 g/mol. The molecule has 0 N–H and O–H groups in total. The molecule has 1 aromatic carbocycles. The monoisotopic (exact) mass is 340 g/mol. The fourth-order valence-electron chi connectivity index (χ4n) is 1.91. The third kappa shape index (κ3) is 3.90. The second kappa shape index (κ2) is 6.20. The highest BCUT2D eigenvalue weighted by atomic mass is 79.9. The maximum Gasteiger partial charge on any atom is 0.139 e. The summed E-state index contributed by atoms with van der Waals surface area (Å²) in [4.78, 5) is 0. The van der Waals surface area contributed by atoms with Crippen LogP contribution in [-0.2, 0) is 16.8 Å². The average Bonchev–Trinajstić information content (AvgIpc) is 2.76. The van der Waals surface area contributed by atoms with E-state index in [4.69, 9.17) is 4.74 Å². The lowest BCUT2D eigenvalue weighted by Gasteiger charge is -2.15. The molecule has 0 unspecified atom stereocenters. The smallest absolute Gasteiger partial charge is 0.139 e. The average molecular weight is 341 g/mol. The third-order valence-corrected chi connectivity index (χ3v) is 5.44. The molecule has 0 amide bonds. The number of rotatable bonds is 6. The first-order chi connectivity index (χ1) is 9.01. The van der Waals surface area contributed by atoms with E-state index >= 15 is 0 Å². The number of fused-ring (bicyclic) bond motifs is 1. The highest BCUT2D eigenvalue weighted by Crippen LogP contribution is 2.20. The minimum absolute atomic E-state index is 0.541. The van der Waals surface area contributed by atoms with Crippen molar-refractivity contribution in [1.29, 1.82) is 0 Å². The lowest BCUT2D eigenvalue weighted by atomic mass is 10.1. The topological polar surface area (TPSA) is 27.1 Å². The number of hydrogen-bond donors (Lipinski definition) is 0. The van der Waals surface area contributed by atoms with Crippen molar-refractivity contribution in [3.63, 3.8) is 0 Å². The Morgan fingerprint density at radius 3 is 2.79 bits per heavy atom. The van der Waals surface area contributed by atoms with Crippen LogP contribution < -0.4 is 0 Å². The number of hydrogen-bond acceptors (Lipinski definition) is 2. The first-order valence-corrected chi connectivity index (χ1v) is 11.4. The van der Waals surface area contributed by atoms with Crippen LogP contribution in [0.15, 0.2) is 24.4 Å². The minimum atomic E-state index is -1.01. The summed E-state index contributed by atoms with van der Waals surface area (Å²) in [6, 6.07) is 7.48. The molecule has 0 aliphatic rings. The summed E-state index contributed by atoms with van der Waals surface area (Å²) in [5.74, 6) is 0. The van der Waals surface area contributed by atoms with E-state index in [-0.39, 0.29) is 0 Å². The van der Waals surface area contributed by atoms with Crippen LogP contribution >= 0.6 is 15.9 Å². The molecule has 0 radical (unpaired) electrons. The van der Waals surface area contributed by atoms with Gasteiger partial charge in [0.05, 0.1) is 11.7 Å². The number of aromatic nitrogens is 2. The fourth-order valence-corrected chi connectivity index (χ4v) is 3.16. The van der Waals surface area contributed by atoms with E-state index in [0.29, 0.717) is 6.73 Å². The second-order valence-electron chi connectivity index (χ2n) is 5.98. The van der Waals surface area contributed by atoms with Gasteiger partial charge in [0.2, 0.25) is 0 Å². The molecule has 0 saturated heterocycles. The summed E-state index contributed by atoms with van der Waals surface area (Å²) in [6.07, 6.45) is 1.92. The summed E-state index contributed by atoms with van der Waals surface area (Å²) in [5, 5.41) is 6.48. The summed E-state index contributed by atoms with van der Waals surface area (Å²) < 4.78 is 7.70. The van der Waals surface area contributed by atoms with Crippen molar-refractivity contribution in [2.45, 2.75) is 37.7 Å². The zero-order valence-electron chi connectivity index (χ0n) is 11.8. The van der Waals surface area contributed by atoms with E-state index < -0.39 is 8.07 Å². The van der Waals surface area contributed by atoms with Gasteiger partial charge in [-0.25, -0.2) is 4.68 Å². The van der Waals surface area contributed by atoms with Gasteiger partial charge in [0, 0.05) is 25.4 Å². The molecule has 104 valence electrons. The molecular formula is C14H21BrN2OSi. The predicted octanol–water partition coefficient (Wildman–Crippen LogP) is 4.24. The van der Waals surface area contributed by atoms with E-state index in [1.54, 1.807) is 0 Å².